The van der Waals surface area contributed by atoms with Gasteiger partial charge in [-0.1, -0.05) is 12.1 Å². The van der Waals surface area contributed by atoms with Crippen LogP contribution in [0.2, 0.25) is 0 Å². The van der Waals surface area contributed by atoms with Crippen molar-refractivity contribution >= 4 is 11.8 Å². The van der Waals surface area contributed by atoms with Crippen molar-refractivity contribution in [3.05, 3.63) is 54.1 Å². The van der Waals surface area contributed by atoms with Gasteiger partial charge in [0.2, 0.25) is 0 Å². The number of hydrogen-bond donors (Lipinski definition) is 1. The van der Waals surface area contributed by atoms with E-state index in [-0.39, 0.29) is 6.10 Å². The quantitative estimate of drug-likeness (QED) is 0.735. The standard InChI is InChI=1S/C22H29N3O4/c1-27-19-7-3-17(4-8-19)21(29-22(23)26)11-12-24-13-15-25(16-14-24)18-5-9-20(28-2)10-6-18/h3-10,21H,11-16H2,1-2H3,(H2,23,26). The number of primary amides is 1. The van der Waals surface area contributed by atoms with Crippen LogP contribution in [0.1, 0.15) is 18.1 Å². The van der Waals surface area contributed by atoms with Crippen LogP contribution in [-0.2, 0) is 4.74 Å². The molecule has 2 aromatic carbocycles. The monoisotopic (exact) mass is 399 g/mol. The average Bonchev–Trinajstić information content (AvgIpc) is 2.77. The number of anilines is 1. The van der Waals surface area contributed by atoms with Crippen LogP contribution in [-0.4, -0.2) is 57.9 Å². The normalized spacial score (nSPS) is 15.6. The molecule has 2 N–H and O–H groups in total. The maximum absolute atomic E-state index is 11.3. The van der Waals surface area contributed by atoms with Crippen molar-refractivity contribution in [2.45, 2.75) is 12.5 Å². The third-order valence-electron chi connectivity index (χ3n) is 5.26. The summed E-state index contributed by atoms with van der Waals surface area (Å²) in [6, 6.07) is 15.7. The second-order valence-corrected chi connectivity index (χ2v) is 7.01. The SMILES string of the molecule is COc1ccc(C(CCN2CCN(c3ccc(OC)cc3)CC2)OC(N)=O)cc1. The molecule has 0 spiro atoms. The molecule has 0 saturated carbocycles. The molecule has 3 rings (SSSR count). The molecule has 0 bridgehead atoms. The van der Waals surface area contributed by atoms with Gasteiger partial charge in [-0.25, -0.2) is 4.79 Å². The number of ether oxygens (including phenoxy) is 3. The summed E-state index contributed by atoms with van der Waals surface area (Å²) in [5.74, 6) is 1.63. The fourth-order valence-corrected chi connectivity index (χ4v) is 3.57. The molecule has 1 atom stereocenters. The Kier molecular flexibility index (Phi) is 7.19. The van der Waals surface area contributed by atoms with E-state index in [9.17, 15) is 4.79 Å². The lowest BCUT2D eigenvalue weighted by atomic mass is 10.1. The second-order valence-electron chi connectivity index (χ2n) is 7.01. The Hall–Kier alpha value is -2.93. The minimum Gasteiger partial charge on any atom is -0.497 e. The first kappa shape index (κ1) is 20.8. The number of carbonyl (C=O) groups is 1. The first-order chi connectivity index (χ1) is 14.1. The van der Waals surface area contributed by atoms with E-state index < -0.39 is 6.09 Å². The number of nitrogens with zero attached hydrogens (tertiary/aromatic N) is 2. The molecule has 1 unspecified atom stereocenters. The van der Waals surface area contributed by atoms with Gasteiger partial charge in [-0.2, -0.15) is 0 Å². The largest absolute Gasteiger partial charge is 0.497 e. The van der Waals surface area contributed by atoms with Crippen LogP contribution in [0.15, 0.2) is 48.5 Å². The van der Waals surface area contributed by atoms with Crippen molar-refractivity contribution in [3.8, 4) is 11.5 Å². The van der Waals surface area contributed by atoms with Crippen molar-refractivity contribution in [1.29, 1.82) is 0 Å². The fraction of sp³-hybridized carbons (Fsp3) is 0.409. The number of amides is 1. The van der Waals surface area contributed by atoms with E-state index in [0.29, 0.717) is 6.42 Å². The van der Waals surface area contributed by atoms with Gasteiger partial charge in [0.05, 0.1) is 14.2 Å². The molecular weight excluding hydrogens is 370 g/mol. The molecule has 2 aromatic rings. The Morgan fingerprint density at radius 3 is 2.00 bits per heavy atom. The molecule has 0 radical (unpaired) electrons. The Morgan fingerprint density at radius 1 is 0.931 bits per heavy atom. The van der Waals surface area contributed by atoms with Gasteiger partial charge >= 0.3 is 6.09 Å². The molecule has 1 amide bonds. The number of methoxy groups -OCH3 is 2. The van der Waals surface area contributed by atoms with Crippen LogP contribution in [0.5, 0.6) is 11.5 Å². The van der Waals surface area contributed by atoms with Crippen LogP contribution in [0.3, 0.4) is 0 Å². The smallest absolute Gasteiger partial charge is 0.405 e. The highest BCUT2D eigenvalue weighted by molar-refractivity contribution is 5.65. The first-order valence-electron chi connectivity index (χ1n) is 9.80. The van der Waals surface area contributed by atoms with Gasteiger partial charge in [0.1, 0.15) is 17.6 Å². The molecule has 29 heavy (non-hydrogen) atoms. The third-order valence-corrected chi connectivity index (χ3v) is 5.26. The van der Waals surface area contributed by atoms with Gasteiger partial charge in [0.15, 0.2) is 0 Å². The minimum atomic E-state index is -0.754. The zero-order valence-electron chi connectivity index (χ0n) is 17.0. The van der Waals surface area contributed by atoms with Crippen LogP contribution < -0.4 is 20.1 Å². The predicted molar refractivity (Wildman–Crippen MR) is 113 cm³/mol. The molecule has 1 aliphatic heterocycles. The molecule has 1 heterocycles. The second kappa shape index (κ2) is 10.0. The summed E-state index contributed by atoms with van der Waals surface area (Å²) in [5, 5.41) is 0. The average molecular weight is 399 g/mol. The fourth-order valence-electron chi connectivity index (χ4n) is 3.57. The van der Waals surface area contributed by atoms with E-state index in [1.165, 1.54) is 5.69 Å². The Labute approximate surface area is 171 Å². The van der Waals surface area contributed by atoms with Gasteiger partial charge in [0, 0.05) is 44.8 Å². The number of hydrogen-bond acceptors (Lipinski definition) is 6. The molecule has 7 heteroatoms. The molecule has 1 aliphatic rings. The van der Waals surface area contributed by atoms with Crippen LogP contribution >= 0.6 is 0 Å². The minimum absolute atomic E-state index is 0.363. The summed E-state index contributed by atoms with van der Waals surface area (Å²) < 4.78 is 15.8. The van der Waals surface area contributed by atoms with Gasteiger partial charge < -0.3 is 24.8 Å². The Bertz CT molecular complexity index is 772. The molecular formula is C22H29N3O4. The molecule has 156 valence electrons. The van der Waals surface area contributed by atoms with Gasteiger partial charge in [-0.15, -0.1) is 0 Å². The van der Waals surface area contributed by atoms with E-state index >= 15 is 0 Å². The summed E-state index contributed by atoms with van der Waals surface area (Å²) >= 11 is 0. The van der Waals surface area contributed by atoms with Crippen LogP contribution in [0, 0.1) is 0 Å². The van der Waals surface area contributed by atoms with Gasteiger partial charge in [-0.3, -0.25) is 4.90 Å². The maximum Gasteiger partial charge on any atom is 0.405 e. The lowest BCUT2D eigenvalue weighted by Crippen LogP contribution is -2.46. The molecule has 0 aromatic heterocycles. The van der Waals surface area contributed by atoms with Crippen LogP contribution in [0.25, 0.3) is 0 Å². The van der Waals surface area contributed by atoms with E-state index in [0.717, 1.165) is 49.8 Å². The summed E-state index contributed by atoms with van der Waals surface area (Å²) in [7, 11) is 3.30. The predicted octanol–water partition coefficient (Wildman–Crippen LogP) is 3.05. The maximum atomic E-state index is 11.3. The third kappa shape index (κ3) is 5.77. The van der Waals surface area contributed by atoms with Gasteiger partial charge in [0.25, 0.3) is 0 Å². The highest BCUT2D eigenvalue weighted by Crippen LogP contribution is 2.25. The zero-order chi connectivity index (χ0) is 20.6. The van der Waals surface area contributed by atoms with Crippen molar-refractivity contribution in [3.63, 3.8) is 0 Å². The summed E-state index contributed by atoms with van der Waals surface area (Å²) in [5.41, 5.74) is 7.41. The molecule has 0 aliphatic carbocycles. The summed E-state index contributed by atoms with van der Waals surface area (Å²) in [4.78, 5) is 16.1. The molecule has 1 saturated heterocycles. The van der Waals surface area contributed by atoms with Crippen molar-refractivity contribution in [1.82, 2.24) is 4.90 Å². The highest BCUT2D eigenvalue weighted by Gasteiger charge is 2.21. The number of benzene rings is 2. The summed E-state index contributed by atoms with van der Waals surface area (Å²) in [6.07, 6.45) is -0.425. The Balaban J connectivity index is 1.52. The van der Waals surface area contributed by atoms with Crippen molar-refractivity contribution in [2.24, 2.45) is 5.73 Å². The summed E-state index contributed by atoms with van der Waals surface area (Å²) in [6.45, 7) is 4.66. The van der Waals surface area contributed by atoms with E-state index in [2.05, 4.69) is 21.9 Å². The van der Waals surface area contributed by atoms with E-state index in [4.69, 9.17) is 19.9 Å². The zero-order valence-corrected chi connectivity index (χ0v) is 17.0. The topological polar surface area (TPSA) is 77.3 Å². The number of nitrogens with two attached hydrogens (primary N) is 1. The first-order valence-corrected chi connectivity index (χ1v) is 9.80. The Morgan fingerprint density at radius 2 is 1.48 bits per heavy atom. The number of carbonyl (C=O) groups excluding carboxylic acids is 1. The number of piperazine rings is 1. The molecule has 7 nitrogen and oxygen atoms in total. The lowest BCUT2D eigenvalue weighted by Gasteiger charge is -2.36. The number of rotatable bonds is 8. The molecule has 1 fully saturated rings. The van der Waals surface area contributed by atoms with Crippen molar-refractivity contribution < 1.29 is 19.0 Å². The lowest BCUT2D eigenvalue weighted by molar-refractivity contribution is 0.0910. The van der Waals surface area contributed by atoms with E-state index in [1.807, 2.05) is 36.4 Å². The van der Waals surface area contributed by atoms with Crippen LogP contribution in [0.4, 0.5) is 10.5 Å². The van der Waals surface area contributed by atoms with Gasteiger partial charge in [-0.05, 0) is 42.0 Å². The van der Waals surface area contributed by atoms with Crippen molar-refractivity contribution in [2.75, 3.05) is 51.8 Å². The van der Waals surface area contributed by atoms with E-state index in [1.54, 1.807) is 14.2 Å². The highest BCUT2D eigenvalue weighted by atomic mass is 16.6.